The Bertz CT molecular complexity index is 1740. The van der Waals surface area contributed by atoms with Crippen LogP contribution in [-0.2, 0) is 40.1 Å². The van der Waals surface area contributed by atoms with Crippen molar-refractivity contribution in [1.29, 1.82) is 0 Å². The highest BCUT2D eigenvalue weighted by Crippen LogP contribution is 2.39. The van der Waals surface area contributed by atoms with E-state index in [1.807, 2.05) is 35.2 Å². The van der Waals surface area contributed by atoms with Gasteiger partial charge in [-0.3, -0.25) is 19.2 Å². The summed E-state index contributed by atoms with van der Waals surface area (Å²) in [6.07, 6.45) is 8.04. The van der Waals surface area contributed by atoms with Crippen LogP contribution < -0.4 is 16.0 Å². The van der Waals surface area contributed by atoms with Gasteiger partial charge in [-0.15, -0.1) is 11.3 Å². The molecule has 1 fully saturated rings. The summed E-state index contributed by atoms with van der Waals surface area (Å²) >= 11 is 1.50. The average molecular weight is 758 g/mol. The van der Waals surface area contributed by atoms with Crippen LogP contribution >= 0.6 is 11.3 Å². The predicted molar refractivity (Wildman–Crippen MR) is 217 cm³/mol. The predicted octanol–water partition coefficient (Wildman–Crippen LogP) is 7.47. The average Bonchev–Trinajstić information content (AvgIpc) is 3.55. The van der Waals surface area contributed by atoms with Crippen LogP contribution in [0.15, 0.2) is 48.5 Å². The maximum atomic E-state index is 13.9. The molecule has 1 aliphatic heterocycles. The van der Waals surface area contributed by atoms with E-state index >= 15 is 0 Å². The number of nitrogens with zero attached hydrogens (tertiary/aromatic N) is 2. The van der Waals surface area contributed by atoms with Crippen molar-refractivity contribution in [2.45, 2.75) is 104 Å². The monoisotopic (exact) mass is 757 g/mol. The van der Waals surface area contributed by atoms with Crippen LogP contribution in [0.3, 0.4) is 0 Å². The Morgan fingerprint density at radius 3 is 2.37 bits per heavy atom. The molecule has 0 saturated carbocycles. The standard InChI is InChI=1S/C43H59N5O5S/c1-6-34(7-2)48(37(49)21-22-43(3,4)42(52)53-5)29-31-12-10-14-32(28-31)39(50)46-41-38(35-15-8-9-16-36(35)54-41)40(51)45-33-19-17-30(18-20-33)13-11-25-47-26-23-44-24-27-47/h10,12,14,17-20,28,34,44H,6-9,11,13,15-16,21-27,29H2,1-5H3,(H,45,51)(H,46,50). The van der Waals surface area contributed by atoms with E-state index in [-0.39, 0.29) is 36.2 Å². The first-order valence-corrected chi connectivity index (χ1v) is 20.6. The van der Waals surface area contributed by atoms with E-state index in [9.17, 15) is 19.2 Å². The molecule has 0 bridgehead atoms. The Kier molecular flexibility index (Phi) is 14.8. The van der Waals surface area contributed by atoms with Crippen LogP contribution in [0.4, 0.5) is 10.7 Å². The lowest BCUT2D eigenvalue weighted by atomic mass is 9.87. The van der Waals surface area contributed by atoms with Crippen molar-refractivity contribution in [3.05, 3.63) is 81.2 Å². The highest BCUT2D eigenvalue weighted by atomic mass is 32.1. The van der Waals surface area contributed by atoms with E-state index in [4.69, 9.17) is 4.74 Å². The number of hydrogen-bond donors (Lipinski definition) is 3. The largest absolute Gasteiger partial charge is 0.469 e. The number of thiophene rings is 1. The van der Waals surface area contributed by atoms with Crippen molar-refractivity contribution < 1.29 is 23.9 Å². The van der Waals surface area contributed by atoms with E-state index in [1.165, 1.54) is 24.0 Å². The topological polar surface area (TPSA) is 120 Å². The highest BCUT2D eigenvalue weighted by Gasteiger charge is 2.31. The SMILES string of the molecule is CCC(CC)N(Cc1cccc(C(=O)Nc2sc3c(c2C(=O)Nc2ccc(CCCN4CCNCC4)cc2)CCCC3)c1)C(=O)CCC(C)(C)C(=O)OC. The van der Waals surface area contributed by atoms with Gasteiger partial charge in [-0.05, 0) is 119 Å². The Labute approximate surface area is 325 Å². The molecule has 5 rings (SSSR count). The third kappa shape index (κ3) is 10.8. The van der Waals surface area contributed by atoms with Crippen molar-refractivity contribution in [2.75, 3.05) is 50.5 Å². The van der Waals surface area contributed by atoms with Crippen molar-refractivity contribution in [1.82, 2.24) is 15.1 Å². The van der Waals surface area contributed by atoms with Crippen molar-refractivity contribution in [3.8, 4) is 0 Å². The molecule has 3 amide bonds. The molecule has 3 aromatic rings. The molecule has 0 radical (unpaired) electrons. The quantitative estimate of drug-likeness (QED) is 0.122. The third-order valence-corrected chi connectivity index (χ3v) is 12.1. The number of anilines is 2. The number of rotatable bonds is 17. The zero-order valence-electron chi connectivity index (χ0n) is 32.9. The van der Waals surface area contributed by atoms with Crippen LogP contribution in [-0.4, -0.2) is 79.4 Å². The van der Waals surface area contributed by atoms with Crippen LogP contribution in [0.2, 0.25) is 0 Å². The first-order valence-electron chi connectivity index (χ1n) is 19.8. The number of fused-ring (bicyclic) bond motifs is 1. The second-order valence-corrected chi connectivity index (χ2v) is 16.4. The van der Waals surface area contributed by atoms with Gasteiger partial charge in [-0.1, -0.05) is 38.1 Å². The molecule has 10 nitrogen and oxygen atoms in total. The van der Waals surface area contributed by atoms with Gasteiger partial charge >= 0.3 is 5.97 Å². The molecule has 2 heterocycles. The summed E-state index contributed by atoms with van der Waals surface area (Å²) < 4.78 is 4.95. The minimum absolute atomic E-state index is 0.0216. The summed E-state index contributed by atoms with van der Waals surface area (Å²) in [6, 6.07) is 15.5. The summed E-state index contributed by atoms with van der Waals surface area (Å²) in [4.78, 5) is 59.2. The molecule has 292 valence electrons. The van der Waals surface area contributed by atoms with Gasteiger partial charge in [0.2, 0.25) is 5.91 Å². The summed E-state index contributed by atoms with van der Waals surface area (Å²) in [5.74, 6) is -0.873. The maximum absolute atomic E-state index is 13.9. The van der Waals surface area contributed by atoms with Gasteiger partial charge in [0.1, 0.15) is 5.00 Å². The van der Waals surface area contributed by atoms with E-state index < -0.39 is 5.41 Å². The van der Waals surface area contributed by atoms with Crippen LogP contribution in [0, 0.1) is 5.41 Å². The van der Waals surface area contributed by atoms with Gasteiger partial charge in [-0.2, -0.15) is 0 Å². The number of hydrogen-bond acceptors (Lipinski definition) is 8. The van der Waals surface area contributed by atoms with Gasteiger partial charge < -0.3 is 30.5 Å². The summed E-state index contributed by atoms with van der Waals surface area (Å²) in [5.41, 5.74) is 4.10. The molecule has 0 atom stereocenters. The first kappa shape index (κ1) is 41.1. The van der Waals surface area contributed by atoms with Crippen LogP contribution in [0.25, 0.3) is 0 Å². The molecule has 0 spiro atoms. The number of esters is 1. The maximum Gasteiger partial charge on any atom is 0.311 e. The molecule has 11 heteroatoms. The van der Waals surface area contributed by atoms with Crippen molar-refractivity contribution in [3.63, 3.8) is 0 Å². The van der Waals surface area contributed by atoms with E-state index in [2.05, 4.69) is 46.8 Å². The second-order valence-electron chi connectivity index (χ2n) is 15.3. The van der Waals surface area contributed by atoms with E-state index in [0.29, 0.717) is 29.1 Å². The Balaban J connectivity index is 1.26. The lowest BCUT2D eigenvalue weighted by Crippen LogP contribution is -2.43. The zero-order chi connectivity index (χ0) is 38.7. The minimum atomic E-state index is -0.770. The third-order valence-electron chi connectivity index (χ3n) is 10.9. The Hall–Kier alpha value is -4.06. The van der Waals surface area contributed by atoms with Crippen LogP contribution in [0.1, 0.15) is 115 Å². The number of piperazine rings is 1. The van der Waals surface area contributed by atoms with Gasteiger partial charge in [0, 0.05) is 61.3 Å². The molecule has 2 aromatic carbocycles. The number of carbonyl (C=O) groups is 4. The molecule has 1 saturated heterocycles. The number of methoxy groups -OCH3 is 1. The summed E-state index contributed by atoms with van der Waals surface area (Å²) in [6.45, 7) is 13.5. The zero-order valence-corrected chi connectivity index (χ0v) is 33.7. The van der Waals surface area contributed by atoms with Gasteiger partial charge in [-0.25, -0.2) is 0 Å². The molecule has 3 N–H and O–H groups in total. The Morgan fingerprint density at radius 2 is 1.67 bits per heavy atom. The fraction of sp³-hybridized carbons (Fsp3) is 0.535. The molecule has 2 aliphatic rings. The first-order chi connectivity index (χ1) is 26.0. The van der Waals surface area contributed by atoms with E-state index in [1.54, 1.807) is 19.9 Å². The lowest BCUT2D eigenvalue weighted by Gasteiger charge is -2.32. The molecule has 54 heavy (non-hydrogen) atoms. The smallest absolute Gasteiger partial charge is 0.311 e. The molecule has 1 aliphatic carbocycles. The van der Waals surface area contributed by atoms with Gasteiger partial charge in [0.15, 0.2) is 0 Å². The highest BCUT2D eigenvalue weighted by molar-refractivity contribution is 7.17. The number of nitrogens with one attached hydrogen (secondary N) is 3. The number of amides is 3. The molecular formula is C43H59N5O5S. The van der Waals surface area contributed by atoms with Crippen molar-refractivity contribution in [2.24, 2.45) is 5.41 Å². The number of benzene rings is 2. The lowest BCUT2D eigenvalue weighted by molar-refractivity contribution is -0.151. The molecular weight excluding hydrogens is 699 g/mol. The molecule has 0 unspecified atom stereocenters. The number of aryl methyl sites for hydroxylation is 2. The number of carbonyl (C=O) groups excluding carboxylic acids is 4. The molecule has 1 aromatic heterocycles. The normalized spacial score (nSPS) is 14.7. The minimum Gasteiger partial charge on any atom is -0.469 e. The Morgan fingerprint density at radius 1 is 0.944 bits per heavy atom. The summed E-state index contributed by atoms with van der Waals surface area (Å²) in [5, 5.41) is 10.2. The van der Waals surface area contributed by atoms with Crippen LogP contribution in [0.5, 0.6) is 0 Å². The second kappa shape index (κ2) is 19.5. The van der Waals surface area contributed by atoms with Gasteiger partial charge in [0.25, 0.3) is 11.8 Å². The van der Waals surface area contributed by atoms with Crippen molar-refractivity contribution >= 4 is 45.7 Å². The fourth-order valence-electron chi connectivity index (χ4n) is 7.56. The van der Waals surface area contributed by atoms with Gasteiger partial charge in [0.05, 0.1) is 18.1 Å². The fourth-order valence-corrected chi connectivity index (χ4v) is 8.84. The van der Waals surface area contributed by atoms with E-state index in [0.717, 1.165) is 106 Å². The number of ether oxygens (including phenoxy) is 1. The summed E-state index contributed by atoms with van der Waals surface area (Å²) in [7, 11) is 1.36.